The molecule has 1 heterocycles. The third-order valence-electron chi connectivity index (χ3n) is 4.40. The number of hydrogen-bond donors (Lipinski definition) is 2. The summed E-state index contributed by atoms with van der Waals surface area (Å²) in [7, 11) is 0. The Morgan fingerprint density at radius 2 is 1.88 bits per heavy atom. The van der Waals surface area contributed by atoms with Gasteiger partial charge in [0.1, 0.15) is 5.82 Å². The molecule has 3 nitrogen and oxygen atoms in total. The van der Waals surface area contributed by atoms with E-state index in [2.05, 4.69) is 10.6 Å². The summed E-state index contributed by atoms with van der Waals surface area (Å²) in [4.78, 5) is 12.0. The summed E-state index contributed by atoms with van der Waals surface area (Å²) in [5, 5.41) is 5.89. The number of nitrogens with one attached hydrogen (secondary N) is 2. The average molecular weight is 366 g/mol. The maximum Gasteiger partial charge on any atom is 0.416 e. The molecule has 0 saturated carbocycles. The van der Waals surface area contributed by atoms with Crippen molar-refractivity contribution in [2.24, 2.45) is 0 Å². The Kier molecular flexibility index (Phi) is 5.27. The van der Waals surface area contributed by atoms with Crippen LogP contribution >= 0.6 is 0 Å². The lowest BCUT2D eigenvalue weighted by Gasteiger charge is -2.13. The maximum atomic E-state index is 14.1. The Hall–Kier alpha value is -2.41. The number of carbonyl (C=O) groups is 1. The third-order valence-corrected chi connectivity index (χ3v) is 4.40. The van der Waals surface area contributed by atoms with Crippen molar-refractivity contribution in [1.82, 2.24) is 10.6 Å². The summed E-state index contributed by atoms with van der Waals surface area (Å²) in [6.45, 7) is 1.04. The highest BCUT2D eigenvalue weighted by Crippen LogP contribution is 2.31. The van der Waals surface area contributed by atoms with E-state index in [-0.39, 0.29) is 24.1 Å². The molecule has 2 aromatic rings. The van der Waals surface area contributed by atoms with E-state index in [1.54, 1.807) is 12.1 Å². The molecule has 1 aliphatic rings. The zero-order chi connectivity index (χ0) is 18.7. The number of alkyl halides is 3. The lowest BCUT2D eigenvalue weighted by Crippen LogP contribution is -2.40. The van der Waals surface area contributed by atoms with Crippen molar-refractivity contribution in [1.29, 1.82) is 0 Å². The number of benzene rings is 2. The molecule has 26 heavy (non-hydrogen) atoms. The van der Waals surface area contributed by atoms with Crippen LogP contribution in [0.3, 0.4) is 0 Å². The van der Waals surface area contributed by atoms with Crippen molar-refractivity contribution in [3.05, 3.63) is 59.4 Å². The molecule has 2 aromatic carbocycles. The summed E-state index contributed by atoms with van der Waals surface area (Å²) >= 11 is 0. The molecule has 7 heteroatoms. The predicted molar refractivity (Wildman–Crippen MR) is 89.7 cm³/mol. The van der Waals surface area contributed by atoms with Crippen LogP contribution in [0.25, 0.3) is 11.1 Å². The number of hydrogen-bond acceptors (Lipinski definition) is 2. The summed E-state index contributed by atoms with van der Waals surface area (Å²) in [5.41, 5.74) is 0.437. The SMILES string of the molecule is O=C(NCc1ccc(F)c(-c2ccc(C(F)(F)F)cc2)c1)C1CCCN1. The topological polar surface area (TPSA) is 41.1 Å². The lowest BCUT2D eigenvalue weighted by atomic mass is 10.0. The number of carbonyl (C=O) groups excluding carboxylic acids is 1. The molecule has 0 bridgehead atoms. The standard InChI is InChI=1S/C19H18F4N2O/c20-16-8-3-12(11-25-18(26)17-2-1-9-24-17)10-15(16)13-4-6-14(7-5-13)19(21,22)23/h3-8,10,17,24H,1-2,9,11H2,(H,25,26). The van der Waals surface area contributed by atoms with E-state index in [0.717, 1.165) is 31.5 Å². The van der Waals surface area contributed by atoms with Crippen molar-refractivity contribution in [2.45, 2.75) is 31.6 Å². The monoisotopic (exact) mass is 366 g/mol. The van der Waals surface area contributed by atoms with E-state index in [9.17, 15) is 22.4 Å². The third kappa shape index (κ3) is 4.22. The fraction of sp³-hybridized carbons (Fsp3) is 0.316. The first-order valence-electron chi connectivity index (χ1n) is 8.32. The van der Waals surface area contributed by atoms with E-state index < -0.39 is 17.6 Å². The molecule has 3 rings (SSSR count). The van der Waals surface area contributed by atoms with Gasteiger partial charge in [-0.05, 0) is 54.8 Å². The van der Waals surface area contributed by atoms with Gasteiger partial charge in [-0.2, -0.15) is 13.2 Å². The maximum absolute atomic E-state index is 14.1. The van der Waals surface area contributed by atoms with E-state index in [4.69, 9.17) is 0 Å². The smallest absolute Gasteiger partial charge is 0.351 e. The largest absolute Gasteiger partial charge is 0.416 e. The summed E-state index contributed by atoms with van der Waals surface area (Å²) < 4.78 is 52.1. The molecule has 0 spiro atoms. The minimum Gasteiger partial charge on any atom is -0.351 e. The lowest BCUT2D eigenvalue weighted by molar-refractivity contribution is -0.137. The van der Waals surface area contributed by atoms with Gasteiger partial charge in [-0.15, -0.1) is 0 Å². The highest BCUT2D eigenvalue weighted by molar-refractivity contribution is 5.82. The van der Waals surface area contributed by atoms with Gasteiger partial charge in [0.2, 0.25) is 5.91 Å². The molecule has 138 valence electrons. The van der Waals surface area contributed by atoms with Gasteiger partial charge in [-0.25, -0.2) is 4.39 Å². The first kappa shape index (κ1) is 18.4. The Labute approximate surface area is 148 Å². The highest BCUT2D eigenvalue weighted by atomic mass is 19.4. The van der Waals surface area contributed by atoms with Gasteiger partial charge in [0.25, 0.3) is 0 Å². The second-order valence-corrected chi connectivity index (χ2v) is 6.26. The van der Waals surface area contributed by atoms with Crippen LogP contribution in [0.2, 0.25) is 0 Å². The van der Waals surface area contributed by atoms with Gasteiger partial charge in [-0.3, -0.25) is 4.79 Å². The summed E-state index contributed by atoms with van der Waals surface area (Å²) in [5.74, 6) is -0.639. The molecular weight excluding hydrogens is 348 g/mol. The molecule has 2 N–H and O–H groups in total. The molecular formula is C19H18F4N2O. The van der Waals surface area contributed by atoms with Crippen LogP contribution in [0, 0.1) is 5.82 Å². The molecule has 0 radical (unpaired) electrons. The Balaban J connectivity index is 1.74. The molecule has 0 aliphatic carbocycles. The zero-order valence-corrected chi connectivity index (χ0v) is 13.9. The van der Waals surface area contributed by atoms with E-state index in [0.29, 0.717) is 11.1 Å². The van der Waals surface area contributed by atoms with Crippen molar-refractivity contribution in [3.63, 3.8) is 0 Å². The average Bonchev–Trinajstić information content (AvgIpc) is 3.15. The van der Waals surface area contributed by atoms with Crippen LogP contribution in [0.5, 0.6) is 0 Å². The van der Waals surface area contributed by atoms with Crippen molar-refractivity contribution < 1.29 is 22.4 Å². The zero-order valence-electron chi connectivity index (χ0n) is 13.9. The van der Waals surface area contributed by atoms with Gasteiger partial charge in [0, 0.05) is 12.1 Å². The second kappa shape index (κ2) is 7.45. The van der Waals surface area contributed by atoms with Crippen molar-refractivity contribution >= 4 is 5.91 Å². The van der Waals surface area contributed by atoms with E-state index in [1.807, 2.05) is 0 Å². The van der Waals surface area contributed by atoms with Gasteiger partial charge in [0.05, 0.1) is 11.6 Å². The molecule has 1 atom stereocenters. The number of amides is 1. The number of halogens is 4. The van der Waals surface area contributed by atoms with Crippen LogP contribution < -0.4 is 10.6 Å². The Morgan fingerprint density at radius 3 is 2.50 bits per heavy atom. The first-order valence-corrected chi connectivity index (χ1v) is 8.32. The molecule has 1 saturated heterocycles. The van der Waals surface area contributed by atoms with Crippen molar-refractivity contribution in [2.75, 3.05) is 6.54 Å². The van der Waals surface area contributed by atoms with Crippen LogP contribution in [0.1, 0.15) is 24.0 Å². The molecule has 1 aliphatic heterocycles. The van der Waals surface area contributed by atoms with Gasteiger partial charge >= 0.3 is 6.18 Å². The fourth-order valence-electron chi connectivity index (χ4n) is 2.96. The van der Waals surface area contributed by atoms with Crippen molar-refractivity contribution in [3.8, 4) is 11.1 Å². The Morgan fingerprint density at radius 1 is 1.15 bits per heavy atom. The van der Waals surface area contributed by atoms with Gasteiger partial charge < -0.3 is 10.6 Å². The Bertz CT molecular complexity index is 781. The molecule has 1 amide bonds. The first-order chi connectivity index (χ1) is 12.3. The van der Waals surface area contributed by atoms with Crippen LogP contribution in [0.4, 0.5) is 17.6 Å². The van der Waals surface area contributed by atoms with E-state index >= 15 is 0 Å². The normalized spacial score (nSPS) is 17.3. The summed E-state index contributed by atoms with van der Waals surface area (Å²) in [6.07, 6.45) is -2.70. The van der Waals surface area contributed by atoms with E-state index in [1.165, 1.54) is 18.2 Å². The highest BCUT2D eigenvalue weighted by Gasteiger charge is 2.30. The van der Waals surface area contributed by atoms with Crippen LogP contribution in [0.15, 0.2) is 42.5 Å². The second-order valence-electron chi connectivity index (χ2n) is 6.26. The fourth-order valence-corrected chi connectivity index (χ4v) is 2.96. The molecule has 1 unspecified atom stereocenters. The van der Waals surface area contributed by atoms with Gasteiger partial charge in [-0.1, -0.05) is 18.2 Å². The molecule has 0 aromatic heterocycles. The predicted octanol–water partition coefficient (Wildman–Crippen LogP) is 3.88. The minimum atomic E-state index is -4.43. The molecule has 1 fully saturated rings. The quantitative estimate of drug-likeness (QED) is 0.807. The minimum absolute atomic E-state index is 0.108. The van der Waals surface area contributed by atoms with Crippen LogP contribution in [-0.4, -0.2) is 18.5 Å². The van der Waals surface area contributed by atoms with Gasteiger partial charge in [0.15, 0.2) is 0 Å². The number of rotatable bonds is 4. The van der Waals surface area contributed by atoms with Crippen LogP contribution in [-0.2, 0) is 17.5 Å². The summed E-state index contributed by atoms with van der Waals surface area (Å²) in [6, 6.07) is 8.47.